The molecular weight excluding hydrogens is 290 g/mol. The molecule has 0 saturated heterocycles. The molecule has 116 valence electrons. The Bertz CT molecular complexity index is 607. The number of urea groups is 1. The minimum Gasteiger partial charge on any atom is -0.336 e. The predicted molar refractivity (Wildman–Crippen MR) is 84.1 cm³/mol. The van der Waals surface area contributed by atoms with Crippen molar-refractivity contribution in [2.75, 3.05) is 15.9 Å². The first kappa shape index (κ1) is 15.6. The standard InChI is InChI=1S/C14H21N3O3S/c1-10(2)15-14(18)17(13-8-9-13)12-6-4-11(5-7-12)16-21(3,19)20/h4-7,10,13,16H,8-9H2,1-3H3,(H,15,18). The smallest absolute Gasteiger partial charge is 0.322 e. The number of hydrogen-bond donors (Lipinski definition) is 2. The molecule has 0 aliphatic heterocycles. The summed E-state index contributed by atoms with van der Waals surface area (Å²) in [6, 6.07) is 7.03. The van der Waals surface area contributed by atoms with E-state index in [0.29, 0.717) is 5.69 Å². The van der Waals surface area contributed by atoms with Crippen molar-refractivity contribution in [3.05, 3.63) is 24.3 Å². The van der Waals surface area contributed by atoms with Crippen molar-refractivity contribution in [1.29, 1.82) is 0 Å². The number of amides is 2. The van der Waals surface area contributed by atoms with Crippen molar-refractivity contribution in [1.82, 2.24) is 5.32 Å². The SMILES string of the molecule is CC(C)NC(=O)N(c1ccc(NS(C)(=O)=O)cc1)C1CC1. The zero-order chi connectivity index (χ0) is 15.6. The van der Waals surface area contributed by atoms with E-state index in [1.807, 2.05) is 13.8 Å². The van der Waals surface area contributed by atoms with Crippen LogP contribution in [0.4, 0.5) is 16.2 Å². The van der Waals surface area contributed by atoms with Gasteiger partial charge in [0.15, 0.2) is 0 Å². The summed E-state index contributed by atoms with van der Waals surface area (Å²) in [4.78, 5) is 14.0. The molecule has 0 spiro atoms. The van der Waals surface area contributed by atoms with Gasteiger partial charge in [0.25, 0.3) is 0 Å². The Morgan fingerprint density at radius 1 is 1.24 bits per heavy atom. The molecule has 6 nitrogen and oxygen atoms in total. The van der Waals surface area contributed by atoms with E-state index in [9.17, 15) is 13.2 Å². The Balaban J connectivity index is 2.16. The van der Waals surface area contributed by atoms with Gasteiger partial charge < -0.3 is 5.32 Å². The Morgan fingerprint density at radius 3 is 2.24 bits per heavy atom. The minimum absolute atomic E-state index is 0.0740. The van der Waals surface area contributed by atoms with Crippen LogP contribution in [0.5, 0.6) is 0 Å². The molecule has 2 N–H and O–H groups in total. The minimum atomic E-state index is -3.29. The third-order valence-corrected chi connectivity index (χ3v) is 3.60. The summed E-state index contributed by atoms with van der Waals surface area (Å²) in [7, 11) is -3.29. The second-order valence-electron chi connectivity index (χ2n) is 5.63. The lowest BCUT2D eigenvalue weighted by Crippen LogP contribution is -2.44. The highest BCUT2D eigenvalue weighted by atomic mass is 32.2. The number of sulfonamides is 1. The van der Waals surface area contributed by atoms with Gasteiger partial charge >= 0.3 is 6.03 Å². The maximum absolute atomic E-state index is 12.3. The third-order valence-electron chi connectivity index (χ3n) is 2.99. The summed E-state index contributed by atoms with van der Waals surface area (Å²) in [5, 5.41) is 2.89. The summed E-state index contributed by atoms with van der Waals surface area (Å²) < 4.78 is 24.8. The normalized spacial score (nSPS) is 14.9. The maximum Gasteiger partial charge on any atom is 0.322 e. The highest BCUT2D eigenvalue weighted by Crippen LogP contribution is 2.32. The molecule has 1 aromatic carbocycles. The van der Waals surface area contributed by atoms with E-state index in [0.717, 1.165) is 24.8 Å². The van der Waals surface area contributed by atoms with Gasteiger partial charge in [-0.1, -0.05) is 0 Å². The highest BCUT2D eigenvalue weighted by Gasteiger charge is 2.33. The molecule has 0 bridgehead atoms. The number of nitrogens with zero attached hydrogens (tertiary/aromatic N) is 1. The molecule has 7 heteroatoms. The lowest BCUT2D eigenvalue weighted by molar-refractivity contribution is 0.243. The van der Waals surface area contributed by atoms with Crippen LogP contribution in [0, 0.1) is 0 Å². The van der Waals surface area contributed by atoms with Gasteiger partial charge in [-0.05, 0) is 51.0 Å². The molecule has 1 aromatic rings. The molecule has 1 fully saturated rings. The molecular formula is C14H21N3O3S. The molecule has 2 amide bonds. The van der Waals surface area contributed by atoms with Crippen LogP contribution in [0.1, 0.15) is 26.7 Å². The molecule has 0 atom stereocenters. The molecule has 0 aromatic heterocycles. The summed E-state index contributed by atoms with van der Waals surface area (Å²) in [6.07, 6.45) is 3.09. The average molecular weight is 311 g/mol. The maximum atomic E-state index is 12.3. The quantitative estimate of drug-likeness (QED) is 0.874. The lowest BCUT2D eigenvalue weighted by Gasteiger charge is -2.24. The Hall–Kier alpha value is -1.76. The van der Waals surface area contributed by atoms with Crippen molar-refractivity contribution in [2.24, 2.45) is 0 Å². The number of rotatable bonds is 5. The van der Waals surface area contributed by atoms with Gasteiger partial charge in [-0.25, -0.2) is 13.2 Å². The zero-order valence-corrected chi connectivity index (χ0v) is 13.3. The number of hydrogen-bond acceptors (Lipinski definition) is 3. The van der Waals surface area contributed by atoms with Crippen molar-refractivity contribution in [3.8, 4) is 0 Å². The molecule has 0 heterocycles. The molecule has 1 aliphatic rings. The topological polar surface area (TPSA) is 78.5 Å². The van der Waals surface area contributed by atoms with E-state index in [-0.39, 0.29) is 18.1 Å². The second kappa shape index (κ2) is 5.93. The van der Waals surface area contributed by atoms with E-state index in [1.54, 1.807) is 29.2 Å². The van der Waals surface area contributed by atoms with Gasteiger partial charge in [-0.3, -0.25) is 9.62 Å². The van der Waals surface area contributed by atoms with Crippen molar-refractivity contribution in [3.63, 3.8) is 0 Å². The van der Waals surface area contributed by atoms with Crippen LogP contribution in [0.15, 0.2) is 24.3 Å². The molecule has 0 radical (unpaired) electrons. The van der Waals surface area contributed by atoms with Crippen molar-refractivity contribution in [2.45, 2.75) is 38.8 Å². The summed E-state index contributed by atoms with van der Waals surface area (Å²) in [5.41, 5.74) is 1.26. The summed E-state index contributed by atoms with van der Waals surface area (Å²) in [5.74, 6) is 0. The lowest BCUT2D eigenvalue weighted by atomic mass is 10.2. The largest absolute Gasteiger partial charge is 0.336 e. The van der Waals surface area contributed by atoms with Gasteiger partial charge in [0, 0.05) is 23.5 Å². The van der Waals surface area contributed by atoms with Gasteiger partial charge in [-0.2, -0.15) is 0 Å². The molecule has 1 saturated carbocycles. The van der Waals surface area contributed by atoms with Crippen LogP contribution in [-0.4, -0.2) is 32.8 Å². The monoisotopic (exact) mass is 311 g/mol. The van der Waals surface area contributed by atoms with Gasteiger partial charge in [0.05, 0.1) is 6.26 Å². The molecule has 2 rings (SSSR count). The molecule has 1 aliphatic carbocycles. The van der Waals surface area contributed by atoms with Crippen LogP contribution in [0.25, 0.3) is 0 Å². The van der Waals surface area contributed by atoms with E-state index >= 15 is 0 Å². The highest BCUT2D eigenvalue weighted by molar-refractivity contribution is 7.92. The first-order valence-corrected chi connectivity index (χ1v) is 8.83. The number of carbonyl (C=O) groups is 1. The van der Waals surface area contributed by atoms with E-state index in [2.05, 4.69) is 10.0 Å². The van der Waals surface area contributed by atoms with E-state index in [1.165, 1.54) is 0 Å². The fraction of sp³-hybridized carbons (Fsp3) is 0.500. The predicted octanol–water partition coefficient (Wildman–Crippen LogP) is 2.14. The van der Waals surface area contributed by atoms with E-state index in [4.69, 9.17) is 0 Å². The van der Waals surface area contributed by atoms with Crippen LogP contribution in [0.3, 0.4) is 0 Å². The molecule has 0 unspecified atom stereocenters. The fourth-order valence-electron chi connectivity index (χ4n) is 2.05. The van der Waals surface area contributed by atoms with Gasteiger partial charge in [0.1, 0.15) is 0 Å². The molecule has 21 heavy (non-hydrogen) atoms. The van der Waals surface area contributed by atoms with E-state index < -0.39 is 10.0 Å². The van der Waals surface area contributed by atoms with Gasteiger partial charge in [-0.15, -0.1) is 0 Å². The van der Waals surface area contributed by atoms with Crippen molar-refractivity contribution >= 4 is 27.4 Å². The number of carbonyl (C=O) groups excluding carboxylic acids is 1. The third kappa shape index (κ3) is 4.63. The Labute approximate surface area is 125 Å². The number of nitrogens with one attached hydrogen (secondary N) is 2. The zero-order valence-electron chi connectivity index (χ0n) is 12.5. The van der Waals surface area contributed by atoms with Crippen LogP contribution in [0.2, 0.25) is 0 Å². The van der Waals surface area contributed by atoms with Crippen LogP contribution in [-0.2, 0) is 10.0 Å². The Morgan fingerprint density at radius 2 is 1.81 bits per heavy atom. The van der Waals surface area contributed by atoms with Crippen LogP contribution >= 0.6 is 0 Å². The number of anilines is 2. The first-order valence-electron chi connectivity index (χ1n) is 6.94. The van der Waals surface area contributed by atoms with Crippen LogP contribution < -0.4 is 14.9 Å². The second-order valence-corrected chi connectivity index (χ2v) is 7.37. The summed E-state index contributed by atoms with van der Waals surface area (Å²) >= 11 is 0. The summed E-state index contributed by atoms with van der Waals surface area (Å²) in [6.45, 7) is 3.84. The first-order chi connectivity index (χ1) is 9.76. The number of benzene rings is 1. The average Bonchev–Trinajstić information content (AvgIpc) is 3.13. The van der Waals surface area contributed by atoms with Gasteiger partial charge in [0.2, 0.25) is 10.0 Å². The fourth-order valence-corrected chi connectivity index (χ4v) is 2.61. The Kier molecular flexibility index (Phi) is 4.41. The van der Waals surface area contributed by atoms with Crippen molar-refractivity contribution < 1.29 is 13.2 Å².